The number of hydrogen-bond donors (Lipinski definition) is 4. The van der Waals surface area contributed by atoms with Gasteiger partial charge in [-0.25, -0.2) is 4.79 Å². The van der Waals surface area contributed by atoms with Crippen LogP contribution in [0.4, 0.5) is 0 Å². The Morgan fingerprint density at radius 3 is 2.50 bits per heavy atom. The number of aliphatic hydroxyl groups is 1. The van der Waals surface area contributed by atoms with Crippen LogP contribution in [0.1, 0.15) is 38.8 Å². The Morgan fingerprint density at radius 1 is 1.20 bits per heavy atom. The Kier molecular flexibility index (Phi) is 9.98. The predicted octanol–water partition coefficient (Wildman–Crippen LogP) is 3.58. The molecule has 2 aromatic rings. The fourth-order valence-electron chi connectivity index (χ4n) is 4.48. The van der Waals surface area contributed by atoms with E-state index in [0.717, 1.165) is 0 Å². The summed E-state index contributed by atoms with van der Waals surface area (Å²) in [6, 6.07) is 15.3. The first-order chi connectivity index (χ1) is 18.9. The summed E-state index contributed by atoms with van der Waals surface area (Å²) in [6.45, 7) is 7.66. The SMILES string of the molecule is CC1=C(C(=O)O)C(c2ccccc2Cl)=C(C(=O)NCC(C)(C)NCC(O)COc2ccccc2C#N)C(C)N1C. The van der Waals surface area contributed by atoms with Gasteiger partial charge < -0.3 is 30.5 Å². The predicted molar refractivity (Wildman–Crippen MR) is 154 cm³/mol. The molecule has 2 unspecified atom stereocenters. The van der Waals surface area contributed by atoms with E-state index in [1.807, 2.05) is 20.8 Å². The Morgan fingerprint density at radius 2 is 1.85 bits per heavy atom. The average Bonchev–Trinajstić information content (AvgIpc) is 2.92. The Labute approximate surface area is 239 Å². The number of amides is 1. The van der Waals surface area contributed by atoms with E-state index < -0.39 is 29.6 Å². The quantitative estimate of drug-likeness (QED) is 0.324. The van der Waals surface area contributed by atoms with E-state index in [4.69, 9.17) is 16.3 Å². The number of carbonyl (C=O) groups is 2. The first-order valence-corrected chi connectivity index (χ1v) is 13.3. The van der Waals surface area contributed by atoms with Gasteiger partial charge in [-0.1, -0.05) is 41.9 Å². The van der Waals surface area contributed by atoms with E-state index in [-0.39, 0.29) is 25.3 Å². The highest BCUT2D eigenvalue weighted by atomic mass is 35.5. The van der Waals surface area contributed by atoms with Gasteiger partial charge in [-0.3, -0.25) is 4.79 Å². The van der Waals surface area contributed by atoms with E-state index in [1.165, 1.54) is 0 Å². The Balaban J connectivity index is 1.75. The number of hydrogen-bond acceptors (Lipinski definition) is 7. The number of aliphatic hydroxyl groups excluding tert-OH is 1. The number of allylic oxidation sites excluding steroid dienone is 1. The molecule has 212 valence electrons. The third-order valence-electron chi connectivity index (χ3n) is 6.96. The van der Waals surface area contributed by atoms with Crippen molar-refractivity contribution < 1.29 is 24.5 Å². The van der Waals surface area contributed by atoms with Gasteiger partial charge in [0, 0.05) is 53.1 Å². The number of nitrogens with zero attached hydrogens (tertiary/aromatic N) is 2. The number of carbonyl (C=O) groups excluding carboxylic acids is 1. The second kappa shape index (κ2) is 13.0. The van der Waals surface area contributed by atoms with Crippen molar-refractivity contribution in [3.63, 3.8) is 0 Å². The highest BCUT2D eigenvalue weighted by molar-refractivity contribution is 6.33. The van der Waals surface area contributed by atoms with Crippen LogP contribution in [-0.2, 0) is 9.59 Å². The molecule has 0 aromatic heterocycles. The van der Waals surface area contributed by atoms with Gasteiger partial charge in [0.15, 0.2) is 0 Å². The molecule has 0 aliphatic carbocycles. The monoisotopic (exact) mass is 566 g/mol. The number of rotatable bonds is 11. The van der Waals surface area contributed by atoms with Crippen molar-refractivity contribution in [3.8, 4) is 11.8 Å². The molecule has 2 atom stereocenters. The van der Waals surface area contributed by atoms with Crippen LogP contribution in [0.2, 0.25) is 5.02 Å². The third kappa shape index (κ3) is 7.02. The summed E-state index contributed by atoms with van der Waals surface area (Å²) in [5.74, 6) is -1.16. The standard InChI is InChI=1S/C30H35ClN4O5/c1-18-25(27(22-11-7-8-12-23(22)31)26(29(38)39)19(2)35(18)5)28(37)33-17-30(3,4)34-15-21(36)16-40-24-13-9-6-10-20(24)14-32/h6-13,18,21,34,36H,15-17H2,1-5H3,(H,33,37)(H,38,39). The lowest BCUT2D eigenvalue weighted by atomic mass is 9.84. The summed E-state index contributed by atoms with van der Waals surface area (Å²) < 4.78 is 5.60. The number of β-amino-alcohol motifs (C(OH)–C–C–N with tert-alkyl or cyclic N) is 1. The molecule has 0 radical (unpaired) electrons. The lowest BCUT2D eigenvalue weighted by Crippen LogP contribution is -2.52. The number of likely N-dealkylation sites (N-methyl/N-ethyl adjacent to an activating group) is 1. The van der Waals surface area contributed by atoms with Gasteiger partial charge in [-0.15, -0.1) is 0 Å². The minimum Gasteiger partial charge on any atom is -0.489 e. The molecule has 1 heterocycles. The van der Waals surface area contributed by atoms with Crippen LogP contribution >= 0.6 is 11.6 Å². The van der Waals surface area contributed by atoms with Gasteiger partial charge in [0.2, 0.25) is 5.91 Å². The molecule has 3 rings (SSSR count). The molecule has 10 heteroatoms. The molecular formula is C30H35ClN4O5. The number of para-hydroxylation sites is 1. The summed E-state index contributed by atoms with van der Waals surface area (Å²) in [5.41, 5.74) is 1.39. The lowest BCUT2D eigenvalue weighted by Gasteiger charge is -2.37. The van der Waals surface area contributed by atoms with Crippen molar-refractivity contribution in [1.29, 1.82) is 5.26 Å². The summed E-state index contributed by atoms with van der Waals surface area (Å²) in [7, 11) is 1.75. The molecule has 0 saturated heterocycles. The number of halogens is 1. The molecule has 1 aliphatic rings. The second-order valence-corrected chi connectivity index (χ2v) is 10.7. The minimum atomic E-state index is -1.15. The molecule has 40 heavy (non-hydrogen) atoms. The van der Waals surface area contributed by atoms with E-state index >= 15 is 0 Å². The van der Waals surface area contributed by atoms with Crippen molar-refractivity contribution in [2.24, 2.45) is 0 Å². The van der Waals surface area contributed by atoms with Crippen molar-refractivity contribution >= 4 is 29.1 Å². The van der Waals surface area contributed by atoms with Crippen molar-refractivity contribution in [2.45, 2.75) is 45.4 Å². The second-order valence-electron chi connectivity index (χ2n) is 10.3. The first kappa shape index (κ1) is 30.7. The number of carboxylic acids is 1. The summed E-state index contributed by atoms with van der Waals surface area (Å²) in [6.07, 6.45) is -0.866. The van der Waals surface area contributed by atoms with Crippen LogP contribution in [0.5, 0.6) is 5.75 Å². The Hall–Kier alpha value is -3.84. The normalized spacial score (nSPS) is 16.4. The molecule has 9 nitrogen and oxygen atoms in total. The number of carboxylic acid groups (broad SMARTS) is 1. The zero-order chi connectivity index (χ0) is 29.6. The number of nitrogens with one attached hydrogen (secondary N) is 2. The number of nitriles is 1. The van der Waals surface area contributed by atoms with Gasteiger partial charge in [-0.05, 0) is 45.9 Å². The van der Waals surface area contributed by atoms with Crippen molar-refractivity contribution in [2.75, 3.05) is 26.7 Å². The molecule has 0 spiro atoms. The molecule has 0 fully saturated rings. The van der Waals surface area contributed by atoms with Crippen molar-refractivity contribution in [1.82, 2.24) is 15.5 Å². The molecule has 2 aromatic carbocycles. The maximum atomic E-state index is 13.7. The van der Waals surface area contributed by atoms with Gasteiger partial charge in [-0.2, -0.15) is 5.26 Å². The van der Waals surface area contributed by atoms with Gasteiger partial charge in [0.1, 0.15) is 24.5 Å². The smallest absolute Gasteiger partial charge is 0.338 e. The van der Waals surface area contributed by atoms with Crippen LogP contribution in [0.3, 0.4) is 0 Å². The van der Waals surface area contributed by atoms with E-state index in [9.17, 15) is 25.1 Å². The average molecular weight is 567 g/mol. The molecular weight excluding hydrogens is 532 g/mol. The number of benzene rings is 2. The van der Waals surface area contributed by atoms with E-state index in [1.54, 1.807) is 67.4 Å². The van der Waals surface area contributed by atoms with Gasteiger partial charge in [0.05, 0.1) is 17.2 Å². The molecule has 1 aliphatic heterocycles. The van der Waals surface area contributed by atoms with E-state index in [0.29, 0.717) is 38.7 Å². The molecule has 0 bridgehead atoms. The fourth-order valence-corrected chi connectivity index (χ4v) is 4.71. The zero-order valence-electron chi connectivity index (χ0n) is 23.3. The number of ether oxygens (including phenoxy) is 1. The van der Waals surface area contributed by atoms with Gasteiger partial charge in [0.25, 0.3) is 0 Å². The lowest BCUT2D eigenvalue weighted by molar-refractivity contribution is -0.132. The van der Waals surface area contributed by atoms with Crippen molar-refractivity contribution in [3.05, 3.63) is 81.5 Å². The summed E-state index contributed by atoms with van der Waals surface area (Å²) in [4.78, 5) is 27.8. The van der Waals surface area contributed by atoms with Crippen LogP contribution in [0.25, 0.3) is 5.57 Å². The van der Waals surface area contributed by atoms with Crippen LogP contribution in [0.15, 0.2) is 65.4 Å². The largest absolute Gasteiger partial charge is 0.489 e. The topological polar surface area (TPSA) is 135 Å². The highest BCUT2D eigenvalue weighted by Gasteiger charge is 2.37. The highest BCUT2D eigenvalue weighted by Crippen LogP contribution is 2.40. The summed E-state index contributed by atoms with van der Waals surface area (Å²) >= 11 is 6.48. The minimum absolute atomic E-state index is 0.0181. The van der Waals surface area contributed by atoms with Crippen LogP contribution < -0.4 is 15.4 Å². The third-order valence-corrected chi connectivity index (χ3v) is 7.29. The number of aliphatic carboxylic acids is 1. The maximum Gasteiger partial charge on any atom is 0.338 e. The summed E-state index contributed by atoms with van der Waals surface area (Å²) in [5, 5.41) is 36.2. The fraction of sp³-hybridized carbons (Fsp3) is 0.367. The van der Waals surface area contributed by atoms with Crippen LogP contribution in [0, 0.1) is 11.3 Å². The molecule has 4 N–H and O–H groups in total. The Bertz CT molecular complexity index is 1380. The van der Waals surface area contributed by atoms with E-state index in [2.05, 4.69) is 16.7 Å². The van der Waals surface area contributed by atoms with Crippen LogP contribution in [-0.4, -0.2) is 71.4 Å². The maximum absolute atomic E-state index is 13.7. The molecule has 1 amide bonds. The zero-order valence-corrected chi connectivity index (χ0v) is 24.0. The first-order valence-electron chi connectivity index (χ1n) is 12.9. The molecule has 0 saturated carbocycles. The van der Waals surface area contributed by atoms with Gasteiger partial charge >= 0.3 is 5.97 Å².